The van der Waals surface area contributed by atoms with Gasteiger partial charge in [0.1, 0.15) is 19.5 Å². The number of nitriles is 1. The summed E-state index contributed by atoms with van der Waals surface area (Å²) < 4.78 is 0. The molecule has 0 aromatic heterocycles. The number of hydrogen-bond acceptors (Lipinski definition) is 5. The van der Waals surface area contributed by atoms with E-state index in [1.807, 2.05) is 0 Å². The molecule has 0 unspecified atom stereocenters. The average Bonchev–Trinajstić information content (AvgIpc) is 2.13. The summed E-state index contributed by atoms with van der Waals surface area (Å²) in [6, 6.07) is 1.45. The minimum atomic E-state index is -0.727. The summed E-state index contributed by atoms with van der Waals surface area (Å²) in [6.07, 6.45) is 0. The first-order valence-electron chi connectivity index (χ1n) is 3.37. The molecule has 1 aromatic rings. The molecule has 66 valence electrons. The molecule has 0 aliphatic heterocycles. The highest BCUT2D eigenvalue weighted by molar-refractivity contribution is 6.37. The Balaban J connectivity index is 3.69. The maximum atomic E-state index is 9.15. The van der Waals surface area contributed by atoms with E-state index in [2.05, 4.69) is 0 Å². The van der Waals surface area contributed by atoms with Crippen LogP contribution in [0.2, 0.25) is 0 Å². The highest BCUT2D eigenvalue weighted by Gasteiger charge is 2.19. The van der Waals surface area contributed by atoms with Gasteiger partial charge in [-0.05, 0) is 0 Å². The predicted molar refractivity (Wildman–Crippen MR) is 46.0 cm³/mol. The highest BCUT2D eigenvalue weighted by Crippen LogP contribution is 2.38. The van der Waals surface area contributed by atoms with Crippen LogP contribution in [0, 0.1) is 11.3 Å². The number of hydrogen-bond donors (Lipinski definition) is 4. The molecule has 1 rings (SSSR count). The van der Waals surface area contributed by atoms with Crippen molar-refractivity contribution in [1.29, 1.82) is 5.26 Å². The molecule has 4 N–H and O–H groups in total. The smallest absolute Gasteiger partial charge is 0.179 e. The number of phenols is 4. The van der Waals surface area contributed by atoms with Crippen molar-refractivity contribution >= 4 is 13.3 Å². The maximum absolute atomic E-state index is 9.15. The van der Waals surface area contributed by atoms with Gasteiger partial charge in [-0.2, -0.15) is 5.26 Å². The van der Waals surface area contributed by atoms with Crippen LogP contribution >= 0.6 is 0 Å². The van der Waals surface area contributed by atoms with Gasteiger partial charge in [-0.25, -0.2) is 0 Å². The van der Waals surface area contributed by atoms with Crippen LogP contribution < -0.4 is 5.46 Å². The van der Waals surface area contributed by atoms with E-state index in [-0.39, 0.29) is 5.46 Å². The van der Waals surface area contributed by atoms with Gasteiger partial charge in [0.25, 0.3) is 0 Å². The lowest BCUT2D eigenvalue weighted by atomic mass is 9.91. The molecule has 0 bridgehead atoms. The fourth-order valence-electron chi connectivity index (χ4n) is 0.922. The Morgan fingerprint density at radius 3 is 1.62 bits per heavy atom. The molecule has 1 aromatic carbocycles. The normalized spacial score (nSPS) is 9.46. The maximum Gasteiger partial charge on any atom is 0.179 e. The minimum absolute atomic E-state index is 0.0750. The first-order valence-corrected chi connectivity index (χ1v) is 3.37. The van der Waals surface area contributed by atoms with E-state index in [4.69, 9.17) is 25.7 Å². The third kappa shape index (κ3) is 1.10. The van der Waals surface area contributed by atoms with Crippen LogP contribution in [0.4, 0.5) is 0 Å². The van der Waals surface area contributed by atoms with Crippen LogP contribution in [0.3, 0.4) is 0 Å². The molecule has 13 heavy (non-hydrogen) atoms. The molecule has 6 heteroatoms. The van der Waals surface area contributed by atoms with Gasteiger partial charge in [-0.1, -0.05) is 0 Å². The van der Waals surface area contributed by atoms with Crippen molar-refractivity contribution in [1.82, 2.24) is 0 Å². The number of rotatable bonds is 0. The van der Waals surface area contributed by atoms with Crippen molar-refractivity contribution in [2.45, 2.75) is 0 Å². The fourth-order valence-corrected chi connectivity index (χ4v) is 0.922. The van der Waals surface area contributed by atoms with Crippen molar-refractivity contribution in [2.24, 2.45) is 0 Å². The van der Waals surface area contributed by atoms with Gasteiger partial charge in [-0.3, -0.25) is 0 Å². The Kier molecular flexibility index (Phi) is 1.94. The molecule has 0 atom stereocenters. The zero-order chi connectivity index (χ0) is 10.2. The molecule has 0 saturated carbocycles. The zero-order valence-electron chi connectivity index (χ0n) is 6.74. The molecule has 0 radical (unpaired) electrons. The highest BCUT2D eigenvalue weighted by atomic mass is 16.3. The largest absolute Gasteiger partial charge is 0.505 e. The topological polar surface area (TPSA) is 105 Å². The van der Waals surface area contributed by atoms with E-state index in [1.165, 1.54) is 13.9 Å². The monoisotopic (exact) mass is 179 g/mol. The van der Waals surface area contributed by atoms with E-state index in [0.717, 1.165) is 0 Å². The molecular weight excluding hydrogens is 173 g/mol. The van der Waals surface area contributed by atoms with Gasteiger partial charge in [-0.15, -0.1) is 0 Å². The van der Waals surface area contributed by atoms with Crippen molar-refractivity contribution in [2.75, 3.05) is 0 Å². The molecule has 0 aliphatic rings. The van der Waals surface area contributed by atoms with Crippen molar-refractivity contribution < 1.29 is 20.4 Å². The third-order valence-electron chi connectivity index (χ3n) is 1.74. The van der Waals surface area contributed by atoms with Crippen LogP contribution in [0.1, 0.15) is 5.56 Å². The van der Waals surface area contributed by atoms with Gasteiger partial charge in [0.15, 0.2) is 23.0 Å². The van der Waals surface area contributed by atoms with Gasteiger partial charge in [0.05, 0.1) is 0 Å². The summed E-state index contributed by atoms with van der Waals surface area (Å²) in [5.74, 6) is -2.66. The Hall–Kier alpha value is -2.03. The van der Waals surface area contributed by atoms with E-state index in [0.29, 0.717) is 0 Å². The molecule has 0 heterocycles. The van der Waals surface area contributed by atoms with Gasteiger partial charge >= 0.3 is 0 Å². The Morgan fingerprint density at radius 2 is 1.31 bits per heavy atom. The number of aromatic hydroxyl groups is 4. The van der Waals surface area contributed by atoms with Crippen molar-refractivity contribution in [3.63, 3.8) is 0 Å². The summed E-state index contributed by atoms with van der Waals surface area (Å²) >= 11 is 0. The second kappa shape index (κ2) is 2.79. The quantitative estimate of drug-likeness (QED) is 0.223. The molecular formula is C7H6BNO4. The van der Waals surface area contributed by atoms with Crippen LogP contribution in [-0.4, -0.2) is 28.3 Å². The summed E-state index contributed by atoms with van der Waals surface area (Å²) in [5, 5.41) is 45.0. The first-order chi connectivity index (χ1) is 6.00. The van der Waals surface area contributed by atoms with Crippen LogP contribution in [0.5, 0.6) is 23.0 Å². The number of benzene rings is 1. The van der Waals surface area contributed by atoms with Crippen molar-refractivity contribution in [3.05, 3.63) is 5.56 Å². The lowest BCUT2D eigenvalue weighted by Crippen LogP contribution is -2.05. The molecule has 0 saturated heterocycles. The zero-order valence-corrected chi connectivity index (χ0v) is 6.74. The minimum Gasteiger partial charge on any atom is -0.505 e. The molecule has 0 amide bonds. The molecule has 0 aliphatic carbocycles. The summed E-state index contributed by atoms with van der Waals surface area (Å²) in [5.41, 5.74) is -0.616. The van der Waals surface area contributed by atoms with Gasteiger partial charge < -0.3 is 20.4 Å². The lowest BCUT2D eigenvalue weighted by Gasteiger charge is -2.08. The summed E-state index contributed by atoms with van der Waals surface area (Å²) in [4.78, 5) is 0. The number of nitrogens with zero attached hydrogens (tertiary/aromatic N) is 1. The Morgan fingerprint density at radius 1 is 0.923 bits per heavy atom. The van der Waals surface area contributed by atoms with Crippen LogP contribution in [0.25, 0.3) is 0 Å². The Bertz CT molecular complexity index is 381. The van der Waals surface area contributed by atoms with E-state index in [9.17, 15) is 0 Å². The molecule has 0 fully saturated rings. The number of phenolic OH excluding ortho intramolecular Hbond substituents is 4. The fraction of sp³-hybridized carbons (Fsp3) is 0. The summed E-state index contributed by atoms with van der Waals surface area (Å²) in [6.45, 7) is 0. The second-order valence-electron chi connectivity index (χ2n) is 2.51. The van der Waals surface area contributed by atoms with Crippen molar-refractivity contribution in [3.8, 4) is 29.1 Å². The van der Waals surface area contributed by atoms with Crippen LogP contribution in [-0.2, 0) is 0 Å². The van der Waals surface area contributed by atoms with E-state index in [1.54, 1.807) is 0 Å². The SMILES string of the molecule is Bc1c(O)c(O)c(C#N)c(O)c1O. The standard InChI is InChI=1S/C7H6BNO4/c8-3-6(12)4(10)2(1-9)5(11)7(3)13/h10-13H,8H2. The van der Waals surface area contributed by atoms with Gasteiger partial charge in [0, 0.05) is 5.46 Å². The first kappa shape index (κ1) is 9.07. The lowest BCUT2D eigenvalue weighted by molar-refractivity contribution is 0.376. The second-order valence-corrected chi connectivity index (χ2v) is 2.51. The Labute approximate surface area is 74.5 Å². The summed E-state index contributed by atoms with van der Waals surface area (Å²) in [7, 11) is 1.30. The molecule has 5 nitrogen and oxygen atoms in total. The van der Waals surface area contributed by atoms with Gasteiger partial charge in [0.2, 0.25) is 0 Å². The van der Waals surface area contributed by atoms with Crippen LogP contribution in [0.15, 0.2) is 0 Å². The predicted octanol–water partition coefficient (Wildman–Crippen LogP) is -1.36. The van der Waals surface area contributed by atoms with E-state index >= 15 is 0 Å². The van der Waals surface area contributed by atoms with E-state index < -0.39 is 28.6 Å². The molecule has 0 spiro atoms. The average molecular weight is 179 g/mol. The third-order valence-corrected chi connectivity index (χ3v) is 1.74.